The zero-order valence-corrected chi connectivity index (χ0v) is 18.0. The van der Waals surface area contributed by atoms with E-state index < -0.39 is 11.7 Å². The van der Waals surface area contributed by atoms with Gasteiger partial charge in [-0.2, -0.15) is 13.2 Å². The fraction of sp³-hybridized carbons (Fsp3) is 0.500. The number of nitrogens with zero attached hydrogens (tertiary/aromatic N) is 3. The first kappa shape index (κ1) is 21.8. The topological polar surface area (TPSA) is 36.4 Å². The Hall–Kier alpha value is -2.41. The normalized spacial score (nSPS) is 18.5. The summed E-state index contributed by atoms with van der Waals surface area (Å²) in [6.45, 7) is 7.30. The highest BCUT2D eigenvalue weighted by Gasteiger charge is 2.31. The van der Waals surface area contributed by atoms with E-state index in [0.717, 1.165) is 51.2 Å². The first-order chi connectivity index (χ1) is 14.7. The number of benzene rings is 1. The van der Waals surface area contributed by atoms with Crippen LogP contribution in [0.15, 0.2) is 30.3 Å². The van der Waals surface area contributed by atoms with Crippen LogP contribution in [0.25, 0.3) is 11.1 Å². The van der Waals surface area contributed by atoms with Gasteiger partial charge in [-0.05, 0) is 81.9 Å². The van der Waals surface area contributed by atoms with Crippen LogP contribution in [0.1, 0.15) is 53.0 Å². The smallest absolute Gasteiger partial charge is 0.337 e. The van der Waals surface area contributed by atoms with E-state index in [1.54, 1.807) is 26.0 Å². The number of hydrogen-bond acceptors (Lipinski definition) is 3. The summed E-state index contributed by atoms with van der Waals surface area (Å²) in [5, 5.41) is 0. The average Bonchev–Trinajstić information content (AvgIpc) is 3.29. The first-order valence-corrected chi connectivity index (χ1v) is 10.9. The van der Waals surface area contributed by atoms with Crippen LogP contribution in [0.3, 0.4) is 0 Å². The van der Waals surface area contributed by atoms with Gasteiger partial charge in [-0.15, -0.1) is 0 Å². The van der Waals surface area contributed by atoms with Crippen molar-refractivity contribution in [3.63, 3.8) is 0 Å². The molecule has 0 radical (unpaired) electrons. The van der Waals surface area contributed by atoms with Crippen molar-refractivity contribution in [1.82, 2.24) is 14.8 Å². The van der Waals surface area contributed by atoms with Gasteiger partial charge in [0.1, 0.15) is 5.69 Å². The fourth-order valence-corrected chi connectivity index (χ4v) is 4.77. The summed E-state index contributed by atoms with van der Waals surface area (Å²) in [5.74, 6) is -0.0870. The molecule has 4 nitrogen and oxygen atoms in total. The summed E-state index contributed by atoms with van der Waals surface area (Å²) in [5.41, 5.74) is 2.02. The Labute approximate surface area is 181 Å². The minimum absolute atomic E-state index is 0.0870. The molecule has 31 heavy (non-hydrogen) atoms. The van der Waals surface area contributed by atoms with Crippen LogP contribution in [-0.2, 0) is 6.18 Å². The van der Waals surface area contributed by atoms with Crippen LogP contribution in [-0.4, -0.2) is 52.9 Å². The molecule has 3 heterocycles. The van der Waals surface area contributed by atoms with Crippen LogP contribution in [0.5, 0.6) is 0 Å². The van der Waals surface area contributed by atoms with Crippen LogP contribution in [0.2, 0.25) is 0 Å². The molecule has 2 aliphatic heterocycles. The molecule has 2 aromatic rings. The molecule has 1 aromatic carbocycles. The zero-order chi connectivity index (χ0) is 22.2. The molecule has 2 aliphatic rings. The van der Waals surface area contributed by atoms with E-state index in [1.807, 2.05) is 4.90 Å². The number of piperidine rings is 1. The monoisotopic (exact) mass is 431 g/mol. The molecule has 2 saturated heterocycles. The molecule has 0 spiro atoms. The molecule has 0 N–H and O–H groups in total. The number of carbonyl (C=O) groups excluding carboxylic acids is 1. The van der Waals surface area contributed by atoms with Gasteiger partial charge in [0.25, 0.3) is 5.91 Å². The summed E-state index contributed by atoms with van der Waals surface area (Å²) in [6, 6.07) is 7.57. The molecule has 4 rings (SSSR count). The van der Waals surface area contributed by atoms with Crippen molar-refractivity contribution < 1.29 is 18.0 Å². The Bertz CT molecular complexity index is 959. The Morgan fingerprint density at radius 3 is 2.35 bits per heavy atom. The number of pyridine rings is 1. The van der Waals surface area contributed by atoms with Crippen molar-refractivity contribution in [2.75, 3.05) is 26.2 Å². The van der Waals surface area contributed by atoms with Gasteiger partial charge in [0.15, 0.2) is 0 Å². The number of halogens is 3. The van der Waals surface area contributed by atoms with Crippen molar-refractivity contribution in [1.29, 1.82) is 0 Å². The molecule has 1 amide bonds. The number of alkyl halides is 3. The van der Waals surface area contributed by atoms with E-state index in [2.05, 4.69) is 9.88 Å². The number of amides is 1. The lowest BCUT2D eigenvalue weighted by Crippen LogP contribution is -2.46. The Morgan fingerprint density at radius 1 is 1.03 bits per heavy atom. The molecule has 0 aliphatic carbocycles. The molecule has 0 saturated carbocycles. The van der Waals surface area contributed by atoms with E-state index >= 15 is 0 Å². The number of likely N-dealkylation sites (tertiary alicyclic amines) is 2. The number of hydrogen-bond donors (Lipinski definition) is 0. The van der Waals surface area contributed by atoms with Gasteiger partial charge in [-0.1, -0.05) is 12.1 Å². The van der Waals surface area contributed by atoms with Gasteiger partial charge in [0.05, 0.1) is 5.56 Å². The second kappa shape index (κ2) is 8.61. The standard InChI is InChI=1S/C24H28F3N3O/c1-16-14-21(18-6-5-7-19(15-18)24(25,26)27)17(2)28-22(16)23(31)30-12-8-20(9-13-30)29-10-3-4-11-29/h5-7,14-15,20H,3-4,8-13H2,1-2H3. The highest BCUT2D eigenvalue weighted by atomic mass is 19.4. The van der Waals surface area contributed by atoms with Crippen LogP contribution in [0.4, 0.5) is 13.2 Å². The average molecular weight is 432 g/mol. The van der Waals surface area contributed by atoms with Crippen molar-refractivity contribution in [2.45, 2.75) is 51.7 Å². The summed E-state index contributed by atoms with van der Waals surface area (Å²) in [6.07, 6.45) is 0.0845. The van der Waals surface area contributed by atoms with Gasteiger partial charge in [0, 0.05) is 30.4 Å². The summed E-state index contributed by atoms with van der Waals surface area (Å²) < 4.78 is 39.3. The minimum Gasteiger partial charge on any atom is -0.337 e. The van der Waals surface area contributed by atoms with Crippen LogP contribution >= 0.6 is 0 Å². The fourth-order valence-electron chi connectivity index (χ4n) is 4.77. The van der Waals surface area contributed by atoms with Crippen molar-refractivity contribution in [3.8, 4) is 11.1 Å². The number of aryl methyl sites for hydroxylation is 2. The molecule has 7 heteroatoms. The number of aromatic nitrogens is 1. The lowest BCUT2D eigenvalue weighted by molar-refractivity contribution is -0.137. The highest BCUT2D eigenvalue weighted by Crippen LogP contribution is 2.33. The lowest BCUT2D eigenvalue weighted by Gasteiger charge is -2.36. The lowest BCUT2D eigenvalue weighted by atomic mass is 9.98. The Balaban J connectivity index is 1.52. The summed E-state index contributed by atoms with van der Waals surface area (Å²) in [7, 11) is 0. The van der Waals surface area contributed by atoms with Gasteiger partial charge in [-0.3, -0.25) is 4.79 Å². The van der Waals surface area contributed by atoms with E-state index in [-0.39, 0.29) is 5.91 Å². The van der Waals surface area contributed by atoms with E-state index in [4.69, 9.17) is 0 Å². The maximum Gasteiger partial charge on any atom is 0.416 e. The van der Waals surface area contributed by atoms with Gasteiger partial charge >= 0.3 is 6.18 Å². The number of carbonyl (C=O) groups is 1. The Morgan fingerprint density at radius 2 is 1.71 bits per heavy atom. The maximum atomic E-state index is 13.1. The Kier molecular flexibility index (Phi) is 6.06. The van der Waals surface area contributed by atoms with E-state index in [1.165, 1.54) is 18.9 Å². The van der Waals surface area contributed by atoms with Gasteiger partial charge in [-0.25, -0.2) is 4.98 Å². The molecule has 0 bridgehead atoms. The predicted octanol–water partition coefficient (Wildman–Crippen LogP) is 5.08. The molecule has 0 atom stereocenters. The highest BCUT2D eigenvalue weighted by molar-refractivity contribution is 5.94. The van der Waals surface area contributed by atoms with Crippen molar-refractivity contribution in [2.24, 2.45) is 0 Å². The third kappa shape index (κ3) is 4.61. The van der Waals surface area contributed by atoms with Crippen LogP contribution < -0.4 is 0 Å². The van der Waals surface area contributed by atoms with Crippen molar-refractivity contribution >= 4 is 5.91 Å². The quantitative estimate of drug-likeness (QED) is 0.680. The molecular formula is C24H28F3N3O. The maximum absolute atomic E-state index is 13.1. The molecule has 1 aromatic heterocycles. The third-order valence-electron chi connectivity index (χ3n) is 6.52. The van der Waals surface area contributed by atoms with Crippen molar-refractivity contribution in [3.05, 3.63) is 52.8 Å². The predicted molar refractivity (Wildman–Crippen MR) is 114 cm³/mol. The second-order valence-corrected chi connectivity index (χ2v) is 8.63. The van der Waals surface area contributed by atoms with Gasteiger partial charge < -0.3 is 9.80 Å². The second-order valence-electron chi connectivity index (χ2n) is 8.63. The molecule has 0 unspecified atom stereocenters. The largest absolute Gasteiger partial charge is 0.416 e. The van der Waals surface area contributed by atoms with Crippen LogP contribution in [0, 0.1) is 13.8 Å². The molecular weight excluding hydrogens is 403 g/mol. The SMILES string of the molecule is Cc1cc(-c2cccc(C(F)(F)F)c2)c(C)nc1C(=O)N1CCC(N2CCCC2)CC1. The zero-order valence-electron chi connectivity index (χ0n) is 18.0. The van der Waals surface area contributed by atoms with E-state index in [0.29, 0.717) is 34.1 Å². The first-order valence-electron chi connectivity index (χ1n) is 10.9. The minimum atomic E-state index is -4.40. The molecule has 2 fully saturated rings. The summed E-state index contributed by atoms with van der Waals surface area (Å²) >= 11 is 0. The molecule has 166 valence electrons. The summed E-state index contributed by atoms with van der Waals surface area (Å²) in [4.78, 5) is 22.1. The van der Waals surface area contributed by atoms with E-state index in [9.17, 15) is 18.0 Å². The van der Waals surface area contributed by atoms with Gasteiger partial charge in [0.2, 0.25) is 0 Å². The number of rotatable bonds is 3. The third-order valence-corrected chi connectivity index (χ3v) is 6.52.